The third-order valence-electron chi connectivity index (χ3n) is 6.44. The Morgan fingerprint density at radius 3 is 2.37 bits per heavy atom. The summed E-state index contributed by atoms with van der Waals surface area (Å²) in [7, 11) is -3.51. The van der Waals surface area contributed by atoms with Gasteiger partial charge in [0.1, 0.15) is 0 Å². The van der Waals surface area contributed by atoms with Crippen LogP contribution in [0.3, 0.4) is 0 Å². The van der Waals surface area contributed by atoms with E-state index in [1.54, 1.807) is 10.4 Å². The molecular weight excluding hydrogens is 396 g/mol. The Balaban J connectivity index is 1.37. The minimum Gasteiger partial charge on any atom is -0.349 e. The van der Waals surface area contributed by atoms with Gasteiger partial charge in [0.2, 0.25) is 15.9 Å². The zero-order valence-electron chi connectivity index (χ0n) is 17.5. The van der Waals surface area contributed by atoms with Crippen molar-refractivity contribution in [2.24, 2.45) is 5.92 Å². The molecule has 1 atom stereocenters. The topological polar surface area (TPSA) is 66.5 Å². The van der Waals surface area contributed by atoms with Crippen LogP contribution in [0.4, 0.5) is 0 Å². The Labute approximate surface area is 179 Å². The highest BCUT2D eigenvalue weighted by Crippen LogP contribution is 2.28. The molecule has 2 aromatic rings. The number of sulfonamides is 1. The summed E-state index contributed by atoms with van der Waals surface area (Å²) >= 11 is 0. The number of hydrogen-bond acceptors (Lipinski definition) is 3. The highest BCUT2D eigenvalue weighted by atomic mass is 32.2. The van der Waals surface area contributed by atoms with Crippen LogP contribution in [0.25, 0.3) is 0 Å². The minimum absolute atomic E-state index is 0.0113. The van der Waals surface area contributed by atoms with E-state index in [9.17, 15) is 13.2 Å². The van der Waals surface area contributed by atoms with E-state index in [4.69, 9.17) is 0 Å². The average molecular weight is 427 g/mol. The van der Waals surface area contributed by atoms with E-state index in [2.05, 4.69) is 5.32 Å². The number of aryl methyl sites for hydroxylation is 2. The maximum Gasteiger partial charge on any atom is 0.243 e. The first kappa shape index (κ1) is 21.1. The molecule has 5 nitrogen and oxygen atoms in total. The lowest BCUT2D eigenvalue weighted by Crippen LogP contribution is -2.43. The fraction of sp³-hybridized carbons (Fsp3) is 0.458. The molecule has 1 amide bonds. The molecule has 0 radical (unpaired) electrons. The second-order valence-corrected chi connectivity index (χ2v) is 10.4. The van der Waals surface area contributed by atoms with E-state index in [0.29, 0.717) is 30.8 Å². The van der Waals surface area contributed by atoms with Gasteiger partial charge in [-0.1, -0.05) is 36.4 Å². The van der Waals surface area contributed by atoms with Gasteiger partial charge >= 0.3 is 0 Å². The number of carbonyl (C=O) groups excluding carboxylic acids is 1. The molecule has 2 aliphatic rings. The van der Waals surface area contributed by atoms with Crippen molar-refractivity contribution >= 4 is 15.9 Å². The number of nitrogens with one attached hydrogen (secondary N) is 1. The molecule has 1 aliphatic heterocycles. The van der Waals surface area contributed by atoms with Crippen LogP contribution < -0.4 is 5.32 Å². The van der Waals surface area contributed by atoms with Crippen molar-refractivity contribution in [2.45, 2.75) is 56.4 Å². The fourth-order valence-electron chi connectivity index (χ4n) is 4.53. The average Bonchev–Trinajstić information content (AvgIpc) is 2.79. The van der Waals surface area contributed by atoms with Crippen LogP contribution in [0.1, 0.15) is 55.3 Å². The van der Waals surface area contributed by atoms with Crippen molar-refractivity contribution < 1.29 is 13.2 Å². The number of nitrogens with zero attached hydrogens (tertiary/aromatic N) is 1. The Kier molecular flexibility index (Phi) is 6.25. The first-order valence-electron chi connectivity index (χ1n) is 10.9. The lowest BCUT2D eigenvalue weighted by Gasteiger charge is -2.31. The van der Waals surface area contributed by atoms with Crippen molar-refractivity contribution in [3.05, 3.63) is 65.2 Å². The maximum atomic E-state index is 13.1. The lowest BCUT2D eigenvalue weighted by atomic mass is 9.92. The molecule has 0 bridgehead atoms. The first-order valence-corrected chi connectivity index (χ1v) is 12.4. The van der Waals surface area contributed by atoms with Gasteiger partial charge < -0.3 is 5.32 Å². The quantitative estimate of drug-likeness (QED) is 0.790. The van der Waals surface area contributed by atoms with Crippen molar-refractivity contribution in [3.8, 4) is 0 Å². The summed E-state index contributed by atoms with van der Waals surface area (Å²) in [4.78, 5) is 13.1. The zero-order valence-corrected chi connectivity index (χ0v) is 18.3. The predicted octanol–water partition coefficient (Wildman–Crippen LogP) is 3.84. The van der Waals surface area contributed by atoms with Crippen molar-refractivity contribution in [3.63, 3.8) is 0 Å². The van der Waals surface area contributed by atoms with Gasteiger partial charge in [-0.25, -0.2) is 8.42 Å². The molecule has 1 N–H and O–H groups in total. The summed E-state index contributed by atoms with van der Waals surface area (Å²) in [5.41, 5.74) is 3.52. The predicted molar refractivity (Wildman–Crippen MR) is 118 cm³/mol. The van der Waals surface area contributed by atoms with Gasteiger partial charge in [-0.05, 0) is 74.3 Å². The van der Waals surface area contributed by atoms with Gasteiger partial charge in [-0.15, -0.1) is 0 Å². The molecule has 1 aliphatic carbocycles. The van der Waals surface area contributed by atoms with E-state index >= 15 is 0 Å². The summed E-state index contributed by atoms with van der Waals surface area (Å²) in [5.74, 6) is -0.136. The zero-order chi connectivity index (χ0) is 21.1. The lowest BCUT2D eigenvalue weighted by molar-refractivity contribution is -0.126. The number of carbonyl (C=O) groups is 1. The molecule has 6 heteroatoms. The molecule has 0 unspecified atom stereocenters. The van der Waals surface area contributed by atoms with Crippen LogP contribution >= 0.6 is 0 Å². The molecule has 1 heterocycles. The summed E-state index contributed by atoms with van der Waals surface area (Å²) in [6.45, 7) is 2.75. The first-order chi connectivity index (χ1) is 14.4. The Hall–Kier alpha value is -2.18. The normalized spacial score (nSPS) is 19.1. The fourth-order valence-corrected chi connectivity index (χ4v) is 6.05. The van der Waals surface area contributed by atoms with Crippen molar-refractivity contribution in [1.29, 1.82) is 0 Å². The third-order valence-corrected chi connectivity index (χ3v) is 8.34. The van der Waals surface area contributed by atoms with Gasteiger partial charge in [-0.3, -0.25) is 4.79 Å². The number of rotatable bonds is 5. The van der Waals surface area contributed by atoms with Crippen LogP contribution in [-0.2, 0) is 27.7 Å². The minimum atomic E-state index is -3.51. The van der Waals surface area contributed by atoms with Crippen LogP contribution in [-0.4, -0.2) is 31.7 Å². The van der Waals surface area contributed by atoms with E-state index in [1.165, 1.54) is 17.5 Å². The Morgan fingerprint density at radius 2 is 1.67 bits per heavy atom. The van der Waals surface area contributed by atoms with Crippen LogP contribution in [0, 0.1) is 5.92 Å². The van der Waals surface area contributed by atoms with E-state index in [0.717, 1.165) is 24.8 Å². The molecule has 4 rings (SSSR count). The Bertz CT molecular complexity index is 996. The number of amides is 1. The van der Waals surface area contributed by atoms with Gasteiger partial charge in [0, 0.05) is 19.0 Å². The third kappa shape index (κ3) is 4.44. The summed E-state index contributed by atoms with van der Waals surface area (Å²) in [6, 6.07) is 15.4. The van der Waals surface area contributed by atoms with Gasteiger partial charge in [0.25, 0.3) is 0 Å². The molecule has 1 saturated heterocycles. The van der Waals surface area contributed by atoms with Crippen LogP contribution in [0.2, 0.25) is 0 Å². The molecule has 0 saturated carbocycles. The van der Waals surface area contributed by atoms with Crippen LogP contribution in [0.15, 0.2) is 53.4 Å². The molecule has 30 heavy (non-hydrogen) atoms. The number of benzene rings is 2. The SMILES string of the molecule is C[C@@H](NC(=O)C1CCN(S(=O)(=O)c2ccc3c(c2)CCCC3)CC1)c1ccccc1. The van der Waals surface area contributed by atoms with Crippen molar-refractivity contribution in [2.75, 3.05) is 13.1 Å². The number of hydrogen-bond donors (Lipinski definition) is 1. The molecule has 1 fully saturated rings. The second kappa shape index (κ2) is 8.90. The molecular formula is C24H30N2O3S. The van der Waals surface area contributed by atoms with Crippen molar-refractivity contribution in [1.82, 2.24) is 9.62 Å². The smallest absolute Gasteiger partial charge is 0.243 e. The number of piperidine rings is 1. The summed E-state index contributed by atoms with van der Waals surface area (Å²) in [5, 5.41) is 3.08. The monoisotopic (exact) mass is 426 g/mol. The van der Waals surface area contributed by atoms with E-state index in [-0.39, 0.29) is 17.9 Å². The van der Waals surface area contributed by atoms with E-state index < -0.39 is 10.0 Å². The molecule has 0 aromatic heterocycles. The highest BCUT2D eigenvalue weighted by molar-refractivity contribution is 7.89. The van der Waals surface area contributed by atoms with Gasteiger partial charge in [0.05, 0.1) is 10.9 Å². The summed E-state index contributed by atoms with van der Waals surface area (Å²) in [6.07, 6.45) is 5.41. The van der Waals surface area contributed by atoms with Gasteiger partial charge in [0.15, 0.2) is 0 Å². The van der Waals surface area contributed by atoms with E-state index in [1.807, 2.05) is 49.4 Å². The van der Waals surface area contributed by atoms with Crippen LogP contribution in [0.5, 0.6) is 0 Å². The molecule has 2 aromatic carbocycles. The highest BCUT2D eigenvalue weighted by Gasteiger charge is 2.32. The Morgan fingerprint density at radius 1 is 1.00 bits per heavy atom. The maximum absolute atomic E-state index is 13.1. The standard InChI is InChI=1S/C24H30N2O3S/c1-18(19-7-3-2-4-8-19)25-24(27)21-13-15-26(16-14-21)30(28,29)23-12-11-20-9-5-6-10-22(20)17-23/h2-4,7-8,11-12,17-18,21H,5-6,9-10,13-16H2,1H3,(H,25,27)/t18-/m1/s1. The summed E-state index contributed by atoms with van der Waals surface area (Å²) < 4.78 is 27.8. The molecule has 160 valence electrons. The van der Waals surface area contributed by atoms with Gasteiger partial charge in [-0.2, -0.15) is 4.31 Å². The number of fused-ring (bicyclic) bond motifs is 1. The largest absolute Gasteiger partial charge is 0.349 e. The second-order valence-electron chi connectivity index (χ2n) is 8.46. The molecule has 0 spiro atoms.